The Bertz CT molecular complexity index is 1210. The topological polar surface area (TPSA) is 81.8 Å². The summed E-state index contributed by atoms with van der Waals surface area (Å²) in [4.78, 5) is 14.4. The summed E-state index contributed by atoms with van der Waals surface area (Å²) in [5.41, 5.74) is 2.40. The standard InChI is InChI=1S/C20H12FN3O2/c21-14-5-1-12(2-6-14)13-3-7-15(8-4-13)24-10-9-17-18(24)19(25)16(11-22)20(26)23-17/h1-10H,(H2,23,25,26). The maximum atomic E-state index is 13.1. The first-order valence-corrected chi connectivity index (χ1v) is 7.81. The van der Waals surface area contributed by atoms with Crippen molar-refractivity contribution in [3.8, 4) is 28.6 Å². The summed E-state index contributed by atoms with van der Waals surface area (Å²) >= 11 is 0. The number of nitrogens with one attached hydrogen (secondary N) is 1. The first-order chi connectivity index (χ1) is 12.6. The van der Waals surface area contributed by atoms with Crippen LogP contribution in [0.5, 0.6) is 5.75 Å². The molecule has 0 aliphatic heterocycles. The van der Waals surface area contributed by atoms with Crippen LogP contribution in [0.25, 0.3) is 27.8 Å². The number of nitrogens with zero attached hydrogens (tertiary/aromatic N) is 2. The van der Waals surface area contributed by atoms with Crippen LogP contribution in [0.1, 0.15) is 5.56 Å². The van der Waals surface area contributed by atoms with E-state index in [-0.39, 0.29) is 17.1 Å². The monoisotopic (exact) mass is 345 g/mol. The number of fused-ring (bicyclic) bond motifs is 1. The van der Waals surface area contributed by atoms with Crippen molar-refractivity contribution < 1.29 is 9.50 Å². The van der Waals surface area contributed by atoms with Crippen molar-refractivity contribution in [3.05, 3.63) is 82.5 Å². The van der Waals surface area contributed by atoms with Gasteiger partial charge in [0.2, 0.25) is 0 Å². The second kappa shape index (κ2) is 5.90. The lowest BCUT2D eigenvalue weighted by atomic mass is 10.1. The third-order valence-electron chi connectivity index (χ3n) is 4.26. The number of hydrogen-bond acceptors (Lipinski definition) is 3. The number of halogens is 1. The highest BCUT2D eigenvalue weighted by Gasteiger charge is 2.15. The Hall–Kier alpha value is -3.85. The summed E-state index contributed by atoms with van der Waals surface area (Å²) < 4.78 is 14.7. The number of pyridine rings is 1. The molecule has 0 unspecified atom stereocenters. The van der Waals surface area contributed by atoms with E-state index in [1.807, 2.05) is 24.3 Å². The van der Waals surface area contributed by atoms with Crippen molar-refractivity contribution in [2.75, 3.05) is 0 Å². The number of aromatic nitrogens is 2. The molecule has 0 saturated heterocycles. The SMILES string of the molecule is N#Cc1c(O)c2c(ccn2-c2ccc(-c3ccc(F)cc3)cc2)[nH]c1=O. The average molecular weight is 345 g/mol. The number of hydrogen-bond donors (Lipinski definition) is 2. The highest BCUT2D eigenvalue weighted by molar-refractivity contribution is 5.86. The number of aromatic hydroxyl groups is 1. The summed E-state index contributed by atoms with van der Waals surface area (Å²) in [7, 11) is 0. The van der Waals surface area contributed by atoms with E-state index >= 15 is 0 Å². The van der Waals surface area contributed by atoms with E-state index in [0.29, 0.717) is 11.0 Å². The van der Waals surface area contributed by atoms with Crippen molar-refractivity contribution in [2.45, 2.75) is 0 Å². The Kier molecular flexibility index (Phi) is 3.55. The minimum Gasteiger partial charge on any atom is -0.504 e. The minimum atomic E-state index is -0.623. The molecule has 2 heterocycles. The largest absolute Gasteiger partial charge is 0.504 e. The lowest BCUT2D eigenvalue weighted by molar-refractivity contribution is 0.476. The summed E-state index contributed by atoms with van der Waals surface area (Å²) in [6.45, 7) is 0. The van der Waals surface area contributed by atoms with Gasteiger partial charge in [-0.05, 0) is 41.5 Å². The smallest absolute Gasteiger partial charge is 0.270 e. The maximum Gasteiger partial charge on any atom is 0.270 e. The first kappa shape index (κ1) is 15.7. The second-order valence-corrected chi connectivity index (χ2v) is 5.79. The molecule has 6 heteroatoms. The lowest BCUT2D eigenvalue weighted by Crippen LogP contribution is -2.10. The molecule has 0 saturated carbocycles. The van der Waals surface area contributed by atoms with Gasteiger partial charge in [0.15, 0.2) is 11.3 Å². The molecule has 0 amide bonds. The lowest BCUT2D eigenvalue weighted by Gasteiger charge is -2.09. The Morgan fingerprint density at radius 3 is 2.23 bits per heavy atom. The maximum absolute atomic E-state index is 13.1. The van der Waals surface area contributed by atoms with Gasteiger partial charge in [-0.1, -0.05) is 24.3 Å². The summed E-state index contributed by atoms with van der Waals surface area (Å²) in [5.74, 6) is -0.638. The Morgan fingerprint density at radius 2 is 1.62 bits per heavy atom. The molecule has 0 spiro atoms. The van der Waals surface area contributed by atoms with Crippen LogP contribution in [0.2, 0.25) is 0 Å². The molecule has 26 heavy (non-hydrogen) atoms. The molecule has 0 atom stereocenters. The number of nitriles is 1. The van der Waals surface area contributed by atoms with Gasteiger partial charge < -0.3 is 14.7 Å². The Morgan fingerprint density at radius 1 is 1.00 bits per heavy atom. The third-order valence-corrected chi connectivity index (χ3v) is 4.26. The third kappa shape index (κ3) is 2.43. The average Bonchev–Trinajstić information content (AvgIpc) is 3.07. The molecule has 0 radical (unpaired) electrons. The van der Waals surface area contributed by atoms with E-state index in [4.69, 9.17) is 5.26 Å². The predicted molar refractivity (Wildman–Crippen MR) is 95.7 cm³/mol. The normalized spacial score (nSPS) is 10.8. The zero-order valence-electron chi connectivity index (χ0n) is 13.4. The van der Waals surface area contributed by atoms with Gasteiger partial charge in [-0.2, -0.15) is 5.26 Å². The van der Waals surface area contributed by atoms with Crippen LogP contribution in [0.15, 0.2) is 65.6 Å². The Balaban J connectivity index is 1.82. The van der Waals surface area contributed by atoms with Gasteiger partial charge in [-0.25, -0.2) is 4.39 Å². The quantitative estimate of drug-likeness (QED) is 0.581. The molecule has 0 aliphatic rings. The minimum absolute atomic E-state index is 0.290. The van der Waals surface area contributed by atoms with Crippen LogP contribution in [-0.2, 0) is 0 Å². The van der Waals surface area contributed by atoms with Crippen LogP contribution in [-0.4, -0.2) is 14.7 Å². The fourth-order valence-electron chi connectivity index (χ4n) is 2.96. The van der Waals surface area contributed by atoms with Gasteiger partial charge in [0.05, 0.1) is 5.52 Å². The van der Waals surface area contributed by atoms with Gasteiger partial charge in [-0.3, -0.25) is 4.79 Å². The molecule has 4 rings (SSSR count). The van der Waals surface area contributed by atoms with Crippen LogP contribution < -0.4 is 5.56 Å². The van der Waals surface area contributed by atoms with E-state index in [9.17, 15) is 14.3 Å². The molecule has 2 N–H and O–H groups in total. The van der Waals surface area contributed by atoms with Crippen LogP contribution in [0.4, 0.5) is 4.39 Å². The molecular formula is C20H12FN3O2. The van der Waals surface area contributed by atoms with E-state index in [1.54, 1.807) is 35.0 Å². The number of aromatic amines is 1. The van der Waals surface area contributed by atoms with E-state index in [1.165, 1.54) is 12.1 Å². The highest BCUT2D eigenvalue weighted by Crippen LogP contribution is 2.29. The molecule has 2 aromatic heterocycles. The van der Waals surface area contributed by atoms with Crippen molar-refractivity contribution in [2.24, 2.45) is 0 Å². The zero-order chi connectivity index (χ0) is 18.3. The Labute approximate surface area is 147 Å². The number of H-pyrrole nitrogens is 1. The van der Waals surface area contributed by atoms with Crippen LogP contribution in [0.3, 0.4) is 0 Å². The van der Waals surface area contributed by atoms with Crippen molar-refractivity contribution >= 4 is 11.0 Å². The van der Waals surface area contributed by atoms with Crippen LogP contribution >= 0.6 is 0 Å². The van der Waals surface area contributed by atoms with Crippen molar-refractivity contribution in [1.82, 2.24) is 9.55 Å². The number of benzene rings is 2. The fraction of sp³-hybridized carbons (Fsp3) is 0. The molecule has 0 fully saturated rings. The predicted octanol–water partition coefficient (Wildman–Crippen LogP) is 3.70. The molecule has 126 valence electrons. The number of rotatable bonds is 2. The summed E-state index contributed by atoms with van der Waals surface area (Å²) in [6.07, 6.45) is 1.70. The molecule has 4 aromatic rings. The first-order valence-electron chi connectivity index (χ1n) is 7.81. The summed E-state index contributed by atoms with van der Waals surface area (Å²) in [6, 6.07) is 17.0. The highest BCUT2D eigenvalue weighted by atomic mass is 19.1. The second-order valence-electron chi connectivity index (χ2n) is 5.79. The van der Waals surface area contributed by atoms with Gasteiger partial charge >= 0.3 is 0 Å². The van der Waals surface area contributed by atoms with Gasteiger partial charge in [0.25, 0.3) is 5.56 Å². The molecule has 5 nitrogen and oxygen atoms in total. The van der Waals surface area contributed by atoms with Crippen LogP contribution in [0, 0.1) is 17.1 Å². The molecule has 2 aromatic carbocycles. The molecule has 0 aliphatic carbocycles. The fourth-order valence-corrected chi connectivity index (χ4v) is 2.96. The van der Waals surface area contributed by atoms with E-state index in [2.05, 4.69) is 4.98 Å². The van der Waals surface area contributed by atoms with Crippen molar-refractivity contribution in [3.63, 3.8) is 0 Å². The summed E-state index contributed by atoms with van der Waals surface area (Å²) in [5, 5.41) is 19.4. The van der Waals surface area contributed by atoms with E-state index in [0.717, 1.165) is 16.8 Å². The van der Waals surface area contributed by atoms with Gasteiger partial charge in [-0.15, -0.1) is 0 Å². The molecular weight excluding hydrogens is 333 g/mol. The van der Waals surface area contributed by atoms with Crippen molar-refractivity contribution in [1.29, 1.82) is 5.26 Å². The zero-order valence-corrected chi connectivity index (χ0v) is 13.4. The molecule has 0 bridgehead atoms. The van der Waals surface area contributed by atoms with Gasteiger partial charge in [0, 0.05) is 11.9 Å². The van der Waals surface area contributed by atoms with Gasteiger partial charge in [0.1, 0.15) is 17.4 Å². The van der Waals surface area contributed by atoms with E-state index < -0.39 is 5.56 Å².